The highest BCUT2D eigenvalue weighted by molar-refractivity contribution is 6.33. The minimum atomic E-state index is -0.348. The third-order valence-corrected chi connectivity index (χ3v) is 3.02. The number of carbonyl (C=O) groups excluding carboxylic acids is 1. The van der Waals surface area contributed by atoms with Crippen molar-refractivity contribution >= 4 is 29.1 Å². The van der Waals surface area contributed by atoms with Crippen molar-refractivity contribution in [2.45, 2.75) is 18.9 Å². The maximum absolute atomic E-state index is 10.9. The Hall–Kier alpha value is -0.730. The van der Waals surface area contributed by atoms with E-state index in [2.05, 4.69) is 5.32 Å². The molecule has 0 radical (unpaired) electrons. The molecule has 0 saturated carbocycles. The van der Waals surface area contributed by atoms with Gasteiger partial charge in [0.1, 0.15) is 0 Å². The molecular formula is C10H9Cl2NO. The van der Waals surface area contributed by atoms with Crippen LogP contribution in [-0.4, -0.2) is 5.91 Å². The molecule has 1 N–H and O–H groups in total. The molecule has 0 bridgehead atoms. The van der Waals surface area contributed by atoms with Crippen molar-refractivity contribution < 1.29 is 4.79 Å². The van der Waals surface area contributed by atoms with E-state index in [1.807, 2.05) is 6.92 Å². The van der Waals surface area contributed by atoms with Crippen molar-refractivity contribution in [1.29, 1.82) is 0 Å². The first-order chi connectivity index (χ1) is 6.51. The lowest BCUT2D eigenvalue weighted by Crippen LogP contribution is -2.56. The molecule has 2 rings (SSSR count). The van der Waals surface area contributed by atoms with Crippen LogP contribution in [0.3, 0.4) is 0 Å². The van der Waals surface area contributed by atoms with Gasteiger partial charge in [-0.15, -0.1) is 0 Å². The summed E-state index contributed by atoms with van der Waals surface area (Å²) in [5.74, 6) is 0.0449. The molecule has 1 unspecified atom stereocenters. The fraction of sp³-hybridized carbons (Fsp3) is 0.300. The van der Waals surface area contributed by atoms with Crippen molar-refractivity contribution in [3.05, 3.63) is 33.8 Å². The zero-order valence-electron chi connectivity index (χ0n) is 7.60. The Balaban J connectivity index is 2.41. The fourth-order valence-electron chi connectivity index (χ4n) is 1.69. The van der Waals surface area contributed by atoms with E-state index < -0.39 is 0 Å². The molecule has 74 valence electrons. The molecule has 2 nitrogen and oxygen atoms in total. The summed E-state index contributed by atoms with van der Waals surface area (Å²) in [6.45, 7) is 1.94. The zero-order chi connectivity index (χ0) is 10.3. The second-order valence-electron chi connectivity index (χ2n) is 3.68. The van der Waals surface area contributed by atoms with Crippen molar-refractivity contribution in [2.75, 3.05) is 0 Å². The first kappa shape index (κ1) is 9.81. The van der Waals surface area contributed by atoms with E-state index in [-0.39, 0.29) is 11.4 Å². The number of β-lactam (4-membered cyclic amide) rings is 1. The average molecular weight is 230 g/mol. The van der Waals surface area contributed by atoms with Crippen LogP contribution in [0.1, 0.15) is 18.9 Å². The van der Waals surface area contributed by atoms with Gasteiger partial charge >= 0.3 is 0 Å². The summed E-state index contributed by atoms with van der Waals surface area (Å²) in [6.07, 6.45) is 0.465. The van der Waals surface area contributed by atoms with E-state index in [9.17, 15) is 4.79 Å². The molecule has 0 aromatic heterocycles. The highest BCUT2D eigenvalue weighted by atomic mass is 35.5. The van der Waals surface area contributed by atoms with Gasteiger partial charge in [-0.05, 0) is 30.7 Å². The number of hydrogen-bond donors (Lipinski definition) is 1. The zero-order valence-corrected chi connectivity index (χ0v) is 9.12. The molecule has 1 fully saturated rings. The lowest BCUT2D eigenvalue weighted by atomic mass is 9.82. The molecule has 0 aliphatic carbocycles. The van der Waals surface area contributed by atoms with Crippen LogP contribution in [0.25, 0.3) is 0 Å². The maximum Gasteiger partial charge on any atom is 0.223 e. The number of nitrogens with one attached hydrogen (secondary N) is 1. The van der Waals surface area contributed by atoms with Crippen LogP contribution >= 0.6 is 23.2 Å². The van der Waals surface area contributed by atoms with Crippen LogP contribution in [0, 0.1) is 0 Å². The minimum absolute atomic E-state index is 0.0449. The summed E-state index contributed by atoms with van der Waals surface area (Å²) in [7, 11) is 0. The number of rotatable bonds is 1. The summed E-state index contributed by atoms with van der Waals surface area (Å²) >= 11 is 11.9. The summed E-state index contributed by atoms with van der Waals surface area (Å²) in [5, 5.41) is 4.09. The van der Waals surface area contributed by atoms with E-state index >= 15 is 0 Å². The van der Waals surface area contributed by atoms with Crippen LogP contribution in [0.2, 0.25) is 10.0 Å². The van der Waals surface area contributed by atoms with Crippen molar-refractivity contribution in [1.82, 2.24) is 5.32 Å². The van der Waals surface area contributed by atoms with Gasteiger partial charge in [0.15, 0.2) is 0 Å². The largest absolute Gasteiger partial charge is 0.346 e. The van der Waals surface area contributed by atoms with E-state index in [0.29, 0.717) is 16.5 Å². The second kappa shape index (κ2) is 3.14. The normalized spacial score (nSPS) is 25.5. The number of hydrogen-bond acceptors (Lipinski definition) is 1. The Morgan fingerprint density at radius 2 is 2.07 bits per heavy atom. The lowest BCUT2D eigenvalue weighted by Gasteiger charge is -2.40. The number of amides is 1. The smallest absolute Gasteiger partial charge is 0.223 e. The first-order valence-corrected chi connectivity index (χ1v) is 5.03. The van der Waals surface area contributed by atoms with Gasteiger partial charge in [0.05, 0.1) is 12.0 Å². The quantitative estimate of drug-likeness (QED) is 0.738. The molecule has 1 aromatic rings. The van der Waals surface area contributed by atoms with Gasteiger partial charge in [0, 0.05) is 10.0 Å². The second-order valence-corrected chi connectivity index (χ2v) is 4.52. The first-order valence-electron chi connectivity index (χ1n) is 4.28. The van der Waals surface area contributed by atoms with Crippen LogP contribution in [0.5, 0.6) is 0 Å². The minimum Gasteiger partial charge on any atom is -0.346 e. The SMILES string of the molecule is CC1(c2cc(Cl)ccc2Cl)CC(=O)N1. The molecule has 1 aliphatic rings. The topological polar surface area (TPSA) is 29.1 Å². The van der Waals surface area contributed by atoms with Gasteiger partial charge in [-0.3, -0.25) is 4.79 Å². The predicted octanol–water partition coefficient (Wildman–Crippen LogP) is 2.73. The van der Waals surface area contributed by atoms with Gasteiger partial charge in [-0.2, -0.15) is 0 Å². The van der Waals surface area contributed by atoms with E-state index in [1.165, 1.54) is 0 Å². The summed E-state index contributed by atoms with van der Waals surface area (Å²) in [6, 6.07) is 5.27. The molecule has 1 heterocycles. The fourth-order valence-corrected chi connectivity index (χ4v) is 2.19. The number of carbonyl (C=O) groups is 1. The van der Waals surface area contributed by atoms with Crippen LogP contribution in [0.4, 0.5) is 0 Å². The molecule has 1 saturated heterocycles. The molecular weight excluding hydrogens is 221 g/mol. The number of benzene rings is 1. The molecule has 1 aromatic carbocycles. The van der Waals surface area contributed by atoms with Gasteiger partial charge in [-0.1, -0.05) is 23.2 Å². The summed E-state index contributed by atoms with van der Waals surface area (Å²) in [5.41, 5.74) is 0.533. The molecule has 1 atom stereocenters. The summed E-state index contributed by atoms with van der Waals surface area (Å²) in [4.78, 5) is 10.9. The van der Waals surface area contributed by atoms with Crippen molar-refractivity contribution in [3.63, 3.8) is 0 Å². The van der Waals surface area contributed by atoms with E-state index in [1.54, 1.807) is 18.2 Å². The van der Waals surface area contributed by atoms with Crippen LogP contribution in [-0.2, 0) is 10.3 Å². The lowest BCUT2D eigenvalue weighted by molar-refractivity contribution is -0.132. The van der Waals surface area contributed by atoms with E-state index in [4.69, 9.17) is 23.2 Å². The third-order valence-electron chi connectivity index (χ3n) is 2.45. The highest BCUT2D eigenvalue weighted by Crippen LogP contribution is 2.37. The average Bonchev–Trinajstić information content (AvgIpc) is 2.07. The van der Waals surface area contributed by atoms with Gasteiger partial charge in [0.25, 0.3) is 0 Å². The van der Waals surface area contributed by atoms with Crippen LogP contribution < -0.4 is 5.32 Å². The third kappa shape index (κ3) is 1.49. The van der Waals surface area contributed by atoms with Gasteiger partial charge < -0.3 is 5.32 Å². The maximum atomic E-state index is 10.9. The Morgan fingerprint density at radius 3 is 2.64 bits per heavy atom. The van der Waals surface area contributed by atoms with Crippen LogP contribution in [0.15, 0.2) is 18.2 Å². The Labute approximate surface area is 92.2 Å². The molecule has 14 heavy (non-hydrogen) atoms. The Bertz CT molecular complexity index is 395. The monoisotopic (exact) mass is 229 g/mol. The Morgan fingerprint density at radius 1 is 1.43 bits per heavy atom. The Kier molecular flexibility index (Phi) is 2.20. The highest BCUT2D eigenvalue weighted by Gasteiger charge is 2.41. The standard InChI is InChI=1S/C10H9Cl2NO/c1-10(5-9(14)13-10)7-4-6(11)2-3-8(7)12/h2-4H,5H2,1H3,(H,13,14). The molecule has 0 spiro atoms. The van der Waals surface area contributed by atoms with Crippen molar-refractivity contribution in [3.8, 4) is 0 Å². The van der Waals surface area contributed by atoms with Gasteiger partial charge in [0.2, 0.25) is 5.91 Å². The predicted molar refractivity (Wildman–Crippen MR) is 56.6 cm³/mol. The van der Waals surface area contributed by atoms with Gasteiger partial charge in [-0.25, -0.2) is 0 Å². The summed E-state index contributed by atoms with van der Waals surface area (Å²) < 4.78 is 0. The van der Waals surface area contributed by atoms with E-state index in [0.717, 1.165) is 5.56 Å². The number of halogens is 2. The molecule has 1 amide bonds. The molecule has 1 aliphatic heterocycles. The van der Waals surface area contributed by atoms with Crippen molar-refractivity contribution in [2.24, 2.45) is 0 Å². The molecule has 4 heteroatoms.